The van der Waals surface area contributed by atoms with Crippen LogP contribution in [0.25, 0.3) is 0 Å². The Kier molecular flexibility index (Phi) is 9.93. The first-order valence-electron chi connectivity index (χ1n) is 12.0. The highest BCUT2D eigenvalue weighted by molar-refractivity contribution is 5.79. The van der Waals surface area contributed by atoms with Crippen molar-refractivity contribution in [3.8, 4) is 0 Å². The molecule has 0 aliphatic carbocycles. The van der Waals surface area contributed by atoms with Gasteiger partial charge in [0.15, 0.2) is 5.96 Å². The lowest BCUT2D eigenvalue weighted by Crippen LogP contribution is -2.39. The van der Waals surface area contributed by atoms with Gasteiger partial charge in [-0.25, -0.2) is 4.99 Å². The molecule has 0 bridgehead atoms. The van der Waals surface area contributed by atoms with Gasteiger partial charge in [-0.05, 0) is 83.5 Å². The van der Waals surface area contributed by atoms with E-state index in [2.05, 4.69) is 63.6 Å². The van der Waals surface area contributed by atoms with Crippen LogP contribution in [0.3, 0.4) is 0 Å². The van der Waals surface area contributed by atoms with Crippen LogP contribution in [0.2, 0.25) is 0 Å². The molecule has 2 aliphatic rings. The molecule has 0 saturated carbocycles. The van der Waals surface area contributed by atoms with Crippen molar-refractivity contribution in [3.05, 3.63) is 35.4 Å². The van der Waals surface area contributed by atoms with Crippen LogP contribution in [-0.2, 0) is 13.1 Å². The van der Waals surface area contributed by atoms with E-state index in [1.807, 2.05) is 0 Å². The van der Waals surface area contributed by atoms with Crippen molar-refractivity contribution < 1.29 is 0 Å². The van der Waals surface area contributed by atoms with E-state index in [1.54, 1.807) is 0 Å². The summed E-state index contributed by atoms with van der Waals surface area (Å²) in [5, 5.41) is 6.89. The number of hydrogen-bond acceptors (Lipinski definition) is 4. The minimum absolute atomic E-state index is 0.720. The number of hydrogen-bond donors (Lipinski definition) is 2. The van der Waals surface area contributed by atoms with Crippen LogP contribution < -0.4 is 10.6 Å². The number of guanidine groups is 1. The highest BCUT2D eigenvalue weighted by atomic mass is 15.2. The molecule has 30 heavy (non-hydrogen) atoms. The molecule has 6 heteroatoms. The van der Waals surface area contributed by atoms with Crippen LogP contribution in [0.4, 0.5) is 0 Å². The van der Waals surface area contributed by atoms with Crippen molar-refractivity contribution in [2.45, 2.75) is 45.7 Å². The number of likely N-dealkylation sites (tertiary alicyclic amines) is 1. The monoisotopic (exact) mass is 414 g/mol. The minimum Gasteiger partial charge on any atom is -0.357 e. The zero-order valence-corrected chi connectivity index (χ0v) is 19.2. The summed E-state index contributed by atoms with van der Waals surface area (Å²) in [5.74, 6) is 0.925. The van der Waals surface area contributed by atoms with Crippen molar-refractivity contribution in [1.29, 1.82) is 0 Å². The maximum absolute atomic E-state index is 4.79. The molecule has 2 N–H and O–H groups in total. The molecule has 3 rings (SSSR count). The Morgan fingerprint density at radius 3 is 2.37 bits per heavy atom. The zero-order chi connectivity index (χ0) is 21.0. The van der Waals surface area contributed by atoms with E-state index in [1.165, 1.54) is 76.2 Å². The molecule has 2 fully saturated rings. The molecule has 1 aromatic rings. The van der Waals surface area contributed by atoms with Gasteiger partial charge in [-0.1, -0.05) is 24.3 Å². The highest BCUT2D eigenvalue weighted by Crippen LogP contribution is 2.13. The summed E-state index contributed by atoms with van der Waals surface area (Å²) < 4.78 is 0. The fourth-order valence-electron chi connectivity index (χ4n) is 4.29. The molecule has 6 nitrogen and oxygen atoms in total. The fourth-order valence-corrected chi connectivity index (χ4v) is 4.29. The summed E-state index contributed by atoms with van der Waals surface area (Å²) in [6.07, 6.45) is 5.13. The van der Waals surface area contributed by atoms with E-state index in [0.717, 1.165) is 38.6 Å². The standard InChI is InChI=1S/C24H42N6/c1-3-25-24(26-12-6-16-29-17-7-13-28(2)18-19-29)27-20-22-8-10-23(11-9-22)21-30-14-4-5-15-30/h8-11H,3-7,12-21H2,1-2H3,(H2,25,26,27). The first-order valence-corrected chi connectivity index (χ1v) is 12.0. The molecule has 2 saturated heterocycles. The van der Waals surface area contributed by atoms with Gasteiger partial charge >= 0.3 is 0 Å². The maximum atomic E-state index is 4.79. The third kappa shape index (κ3) is 8.25. The van der Waals surface area contributed by atoms with Gasteiger partial charge in [0.25, 0.3) is 0 Å². The van der Waals surface area contributed by atoms with Crippen LogP contribution in [0, 0.1) is 0 Å². The molecule has 1 aromatic carbocycles. The molecule has 0 atom stereocenters. The van der Waals surface area contributed by atoms with E-state index >= 15 is 0 Å². The van der Waals surface area contributed by atoms with Crippen LogP contribution >= 0.6 is 0 Å². The fraction of sp³-hybridized carbons (Fsp3) is 0.708. The van der Waals surface area contributed by atoms with E-state index in [0.29, 0.717) is 0 Å². The lowest BCUT2D eigenvalue weighted by molar-refractivity contribution is 0.274. The summed E-state index contributed by atoms with van der Waals surface area (Å²) in [7, 11) is 2.23. The number of likely N-dealkylation sites (N-methyl/N-ethyl adjacent to an activating group) is 1. The molecule has 2 heterocycles. The molecule has 0 amide bonds. The molecule has 2 aliphatic heterocycles. The van der Waals surface area contributed by atoms with E-state index < -0.39 is 0 Å². The number of nitrogens with one attached hydrogen (secondary N) is 2. The number of nitrogens with zero attached hydrogens (tertiary/aromatic N) is 4. The van der Waals surface area contributed by atoms with Crippen molar-refractivity contribution >= 4 is 5.96 Å². The normalized spacial score (nSPS) is 19.7. The van der Waals surface area contributed by atoms with Crippen molar-refractivity contribution in [2.24, 2.45) is 4.99 Å². The highest BCUT2D eigenvalue weighted by Gasteiger charge is 2.12. The topological polar surface area (TPSA) is 46.1 Å². The molecule has 0 radical (unpaired) electrons. The smallest absolute Gasteiger partial charge is 0.191 e. The Balaban J connectivity index is 1.39. The average Bonchev–Trinajstić information content (AvgIpc) is 3.17. The quantitative estimate of drug-likeness (QED) is 0.369. The second kappa shape index (κ2) is 12.9. The number of aliphatic imine (C=N–C) groups is 1. The predicted molar refractivity (Wildman–Crippen MR) is 127 cm³/mol. The number of rotatable bonds is 9. The Bertz CT molecular complexity index is 623. The third-order valence-corrected chi connectivity index (χ3v) is 6.15. The van der Waals surface area contributed by atoms with Crippen molar-refractivity contribution in [3.63, 3.8) is 0 Å². The zero-order valence-electron chi connectivity index (χ0n) is 19.2. The van der Waals surface area contributed by atoms with Crippen LogP contribution in [0.15, 0.2) is 29.3 Å². The lowest BCUT2D eigenvalue weighted by atomic mass is 10.1. The summed E-state index contributed by atoms with van der Waals surface area (Å²) in [6.45, 7) is 14.3. The number of benzene rings is 1. The average molecular weight is 415 g/mol. The van der Waals surface area contributed by atoms with Gasteiger partial charge in [-0.2, -0.15) is 0 Å². The van der Waals surface area contributed by atoms with Gasteiger partial charge in [0.05, 0.1) is 6.54 Å². The van der Waals surface area contributed by atoms with Gasteiger partial charge in [-0.15, -0.1) is 0 Å². The Morgan fingerprint density at radius 1 is 0.867 bits per heavy atom. The van der Waals surface area contributed by atoms with Crippen molar-refractivity contribution in [2.75, 3.05) is 66.0 Å². The summed E-state index contributed by atoms with van der Waals surface area (Å²) in [5.41, 5.74) is 2.68. The maximum Gasteiger partial charge on any atom is 0.191 e. The largest absolute Gasteiger partial charge is 0.357 e. The molecular formula is C24H42N6. The summed E-state index contributed by atoms with van der Waals surface area (Å²) >= 11 is 0. The Morgan fingerprint density at radius 2 is 1.60 bits per heavy atom. The van der Waals surface area contributed by atoms with Gasteiger partial charge in [0.2, 0.25) is 0 Å². The van der Waals surface area contributed by atoms with Gasteiger partial charge in [0.1, 0.15) is 0 Å². The van der Waals surface area contributed by atoms with Gasteiger partial charge in [-0.3, -0.25) is 4.90 Å². The summed E-state index contributed by atoms with van der Waals surface area (Å²) in [4.78, 5) is 12.4. The van der Waals surface area contributed by atoms with E-state index in [9.17, 15) is 0 Å². The predicted octanol–water partition coefficient (Wildman–Crippen LogP) is 2.37. The SMILES string of the molecule is CCNC(=NCc1ccc(CN2CCCC2)cc1)NCCCN1CCCN(C)CC1. The molecule has 0 unspecified atom stereocenters. The van der Waals surface area contributed by atoms with Gasteiger partial charge < -0.3 is 20.4 Å². The lowest BCUT2D eigenvalue weighted by Gasteiger charge is -2.20. The second-order valence-electron chi connectivity index (χ2n) is 8.77. The first-order chi connectivity index (χ1) is 14.7. The van der Waals surface area contributed by atoms with Crippen LogP contribution in [0.5, 0.6) is 0 Å². The Labute approximate surface area is 183 Å². The molecule has 0 spiro atoms. The van der Waals surface area contributed by atoms with Crippen LogP contribution in [0.1, 0.15) is 43.7 Å². The van der Waals surface area contributed by atoms with Gasteiger partial charge in [0, 0.05) is 32.7 Å². The van der Waals surface area contributed by atoms with E-state index in [-0.39, 0.29) is 0 Å². The molecule has 0 aromatic heterocycles. The molecular weight excluding hydrogens is 372 g/mol. The Hall–Kier alpha value is -1.63. The first kappa shape index (κ1) is 23.0. The van der Waals surface area contributed by atoms with Crippen molar-refractivity contribution in [1.82, 2.24) is 25.3 Å². The molecule has 168 valence electrons. The summed E-state index contributed by atoms with van der Waals surface area (Å²) in [6, 6.07) is 8.99. The minimum atomic E-state index is 0.720. The van der Waals surface area contributed by atoms with E-state index in [4.69, 9.17) is 4.99 Å². The third-order valence-electron chi connectivity index (χ3n) is 6.15. The second-order valence-corrected chi connectivity index (χ2v) is 8.77. The van der Waals surface area contributed by atoms with Crippen LogP contribution in [-0.4, -0.2) is 86.6 Å².